The summed E-state index contributed by atoms with van der Waals surface area (Å²) in [5.41, 5.74) is -1.06. The zero-order valence-corrected chi connectivity index (χ0v) is 13.0. The third-order valence-corrected chi connectivity index (χ3v) is 3.94. The van der Waals surface area contributed by atoms with Gasteiger partial charge in [0, 0.05) is 0 Å². The van der Waals surface area contributed by atoms with Gasteiger partial charge in [0.25, 0.3) is 0 Å². The summed E-state index contributed by atoms with van der Waals surface area (Å²) in [6.45, 7) is 7.55. The molecule has 1 saturated heterocycles. The SMILES string of the molecule is CC1(C)OB(C(F)=Cc2cccc(Br)n2)OC1(C)C. The minimum Gasteiger partial charge on any atom is -0.398 e. The molecular weight excluding hydrogens is 312 g/mol. The molecule has 6 heteroatoms. The van der Waals surface area contributed by atoms with E-state index in [0.29, 0.717) is 10.3 Å². The van der Waals surface area contributed by atoms with Crippen molar-refractivity contribution in [3.63, 3.8) is 0 Å². The molecule has 0 atom stereocenters. The molecule has 102 valence electrons. The summed E-state index contributed by atoms with van der Waals surface area (Å²) in [7, 11) is -0.981. The third-order valence-electron chi connectivity index (χ3n) is 3.50. The van der Waals surface area contributed by atoms with Crippen LogP contribution in [0.25, 0.3) is 6.08 Å². The van der Waals surface area contributed by atoms with Gasteiger partial charge in [0.05, 0.1) is 16.9 Å². The Kier molecular flexibility index (Phi) is 3.86. The highest BCUT2D eigenvalue weighted by molar-refractivity contribution is 9.10. The van der Waals surface area contributed by atoms with Crippen LogP contribution in [0, 0.1) is 0 Å². The van der Waals surface area contributed by atoms with E-state index >= 15 is 0 Å². The molecule has 1 aliphatic rings. The minimum atomic E-state index is -0.981. The Bertz CT molecular complexity index is 503. The van der Waals surface area contributed by atoms with E-state index in [1.54, 1.807) is 18.2 Å². The lowest BCUT2D eigenvalue weighted by atomic mass is 9.87. The van der Waals surface area contributed by atoms with Crippen molar-refractivity contribution in [2.45, 2.75) is 38.9 Å². The van der Waals surface area contributed by atoms with Gasteiger partial charge in [-0.2, -0.15) is 0 Å². The van der Waals surface area contributed by atoms with Crippen molar-refractivity contribution in [1.29, 1.82) is 0 Å². The first kappa shape index (κ1) is 14.7. The van der Waals surface area contributed by atoms with Gasteiger partial charge in [-0.15, -0.1) is 0 Å². The summed E-state index contributed by atoms with van der Waals surface area (Å²) in [5, 5.41) is 0. The second-order valence-electron chi connectivity index (χ2n) is 5.50. The summed E-state index contributed by atoms with van der Waals surface area (Å²) >= 11 is 3.25. The Morgan fingerprint density at radius 1 is 1.26 bits per heavy atom. The summed E-state index contributed by atoms with van der Waals surface area (Å²) in [5.74, 6) is 0. The van der Waals surface area contributed by atoms with E-state index < -0.39 is 24.0 Å². The summed E-state index contributed by atoms with van der Waals surface area (Å²) in [6.07, 6.45) is 1.33. The fourth-order valence-corrected chi connectivity index (χ4v) is 2.03. The summed E-state index contributed by atoms with van der Waals surface area (Å²) in [4.78, 5) is 4.15. The standard InChI is InChI=1S/C13H16BBrFNO2/c1-12(2)13(3,4)19-14(18-12)10(16)8-9-6-5-7-11(15)17-9/h5-8H,1-4H3. The van der Waals surface area contributed by atoms with Gasteiger partial charge in [0.2, 0.25) is 0 Å². The molecule has 1 aromatic rings. The maximum atomic E-state index is 14.2. The Balaban J connectivity index is 2.20. The molecule has 0 amide bonds. The number of hydrogen-bond acceptors (Lipinski definition) is 3. The van der Waals surface area contributed by atoms with E-state index in [1.165, 1.54) is 6.08 Å². The Hall–Kier alpha value is -0.715. The number of nitrogens with zero attached hydrogens (tertiary/aromatic N) is 1. The Labute approximate surface area is 121 Å². The minimum absolute atomic E-state index is 0.482. The first-order valence-electron chi connectivity index (χ1n) is 6.06. The van der Waals surface area contributed by atoms with E-state index in [9.17, 15) is 4.39 Å². The summed E-state index contributed by atoms with van der Waals surface area (Å²) < 4.78 is 26.1. The molecule has 2 heterocycles. The number of aromatic nitrogens is 1. The normalized spacial score (nSPS) is 21.8. The van der Waals surface area contributed by atoms with Crippen LogP contribution in [-0.2, 0) is 9.31 Å². The molecule has 0 unspecified atom stereocenters. The quantitative estimate of drug-likeness (QED) is 0.612. The van der Waals surface area contributed by atoms with E-state index in [0.717, 1.165) is 0 Å². The van der Waals surface area contributed by atoms with Gasteiger partial charge >= 0.3 is 7.12 Å². The number of pyridine rings is 1. The van der Waals surface area contributed by atoms with Crippen LogP contribution in [0.15, 0.2) is 28.5 Å². The maximum absolute atomic E-state index is 14.2. The lowest BCUT2D eigenvalue weighted by molar-refractivity contribution is 0.00578. The lowest BCUT2D eigenvalue weighted by Crippen LogP contribution is -2.41. The number of halogens is 2. The average molecular weight is 328 g/mol. The molecule has 2 rings (SSSR count). The van der Waals surface area contributed by atoms with Crippen molar-refractivity contribution in [2.24, 2.45) is 0 Å². The predicted molar refractivity (Wildman–Crippen MR) is 77.1 cm³/mol. The summed E-state index contributed by atoms with van der Waals surface area (Å²) in [6, 6.07) is 5.29. The van der Waals surface area contributed by atoms with Crippen LogP contribution in [0.1, 0.15) is 33.4 Å². The fourth-order valence-electron chi connectivity index (χ4n) is 1.67. The Morgan fingerprint density at radius 2 is 1.84 bits per heavy atom. The first-order chi connectivity index (χ1) is 8.71. The molecule has 19 heavy (non-hydrogen) atoms. The highest BCUT2D eigenvalue weighted by atomic mass is 79.9. The Morgan fingerprint density at radius 3 is 2.37 bits per heavy atom. The molecule has 0 saturated carbocycles. The molecule has 0 N–H and O–H groups in total. The molecule has 1 aliphatic heterocycles. The second-order valence-corrected chi connectivity index (χ2v) is 6.32. The van der Waals surface area contributed by atoms with Crippen molar-refractivity contribution in [3.8, 4) is 0 Å². The largest absolute Gasteiger partial charge is 0.525 e. The molecule has 0 bridgehead atoms. The highest BCUT2D eigenvalue weighted by Gasteiger charge is 2.53. The molecule has 1 fully saturated rings. The van der Waals surface area contributed by atoms with Gasteiger partial charge in [0.1, 0.15) is 10.3 Å². The van der Waals surface area contributed by atoms with Gasteiger partial charge in [-0.3, -0.25) is 0 Å². The molecule has 3 nitrogen and oxygen atoms in total. The molecule has 0 radical (unpaired) electrons. The van der Waals surface area contributed by atoms with Crippen LogP contribution < -0.4 is 0 Å². The topological polar surface area (TPSA) is 31.4 Å². The van der Waals surface area contributed by atoms with E-state index in [4.69, 9.17) is 9.31 Å². The van der Waals surface area contributed by atoms with Gasteiger partial charge < -0.3 is 9.31 Å². The zero-order chi connectivity index (χ0) is 14.3. The zero-order valence-electron chi connectivity index (χ0n) is 11.4. The predicted octanol–water partition coefficient (Wildman–Crippen LogP) is 3.79. The monoisotopic (exact) mass is 327 g/mol. The van der Waals surface area contributed by atoms with E-state index in [2.05, 4.69) is 20.9 Å². The number of rotatable bonds is 2. The van der Waals surface area contributed by atoms with Crippen LogP contribution >= 0.6 is 15.9 Å². The van der Waals surface area contributed by atoms with Gasteiger partial charge in [-0.25, -0.2) is 9.37 Å². The van der Waals surface area contributed by atoms with Gasteiger partial charge in [0.15, 0.2) is 0 Å². The molecule has 0 aliphatic carbocycles. The van der Waals surface area contributed by atoms with E-state index in [1.807, 2.05) is 27.7 Å². The molecule has 0 aromatic carbocycles. The molecular formula is C13H16BBrFNO2. The van der Waals surface area contributed by atoms with Crippen molar-refractivity contribution >= 4 is 29.1 Å². The fraction of sp³-hybridized carbons (Fsp3) is 0.462. The van der Waals surface area contributed by atoms with Crippen LogP contribution in [0.4, 0.5) is 4.39 Å². The van der Waals surface area contributed by atoms with Crippen LogP contribution in [0.2, 0.25) is 0 Å². The highest BCUT2D eigenvalue weighted by Crippen LogP contribution is 2.38. The van der Waals surface area contributed by atoms with Crippen molar-refractivity contribution in [2.75, 3.05) is 0 Å². The average Bonchev–Trinajstić information content (AvgIpc) is 2.48. The van der Waals surface area contributed by atoms with Gasteiger partial charge in [-0.1, -0.05) is 6.07 Å². The smallest absolute Gasteiger partial charge is 0.398 e. The first-order valence-corrected chi connectivity index (χ1v) is 6.86. The maximum Gasteiger partial charge on any atom is 0.525 e. The van der Waals surface area contributed by atoms with Crippen LogP contribution in [-0.4, -0.2) is 23.3 Å². The van der Waals surface area contributed by atoms with Crippen molar-refractivity contribution < 1.29 is 13.7 Å². The van der Waals surface area contributed by atoms with E-state index in [-0.39, 0.29) is 0 Å². The number of hydrogen-bond donors (Lipinski definition) is 0. The lowest BCUT2D eigenvalue weighted by Gasteiger charge is -2.32. The second kappa shape index (κ2) is 5.00. The third kappa shape index (κ3) is 3.07. The van der Waals surface area contributed by atoms with Crippen molar-refractivity contribution in [3.05, 3.63) is 34.2 Å². The van der Waals surface area contributed by atoms with Crippen LogP contribution in [0.3, 0.4) is 0 Å². The van der Waals surface area contributed by atoms with Crippen LogP contribution in [0.5, 0.6) is 0 Å². The van der Waals surface area contributed by atoms with Gasteiger partial charge in [-0.05, 0) is 61.8 Å². The molecule has 1 aromatic heterocycles. The van der Waals surface area contributed by atoms with Crippen molar-refractivity contribution in [1.82, 2.24) is 4.98 Å². The molecule has 0 spiro atoms.